The lowest BCUT2D eigenvalue weighted by atomic mass is 9.95. The molecule has 0 spiro atoms. The standard InChI is InChI=1S/C8H20B2NO3P/c1-2-3-15(10,13)11-6-4-8(9)14-7(6)5-12/h6-8,12H,2-5,9-10H2,1H3,(H,11,13)/t6-,7?,8-,15?/m1/s1. The molecule has 1 rings (SSSR count). The van der Waals surface area contributed by atoms with Crippen LogP contribution in [-0.4, -0.2) is 51.4 Å². The second-order valence-corrected chi connectivity index (χ2v) is 7.37. The number of aliphatic hydroxyl groups excluding tert-OH is 1. The molecule has 1 heterocycles. The Hall–Kier alpha value is 0.240. The van der Waals surface area contributed by atoms with Gasteiger partial charge in [0.1, 0.15) is 15.0 Å². The Morgan fingerprint density at radius 2 is 2.33 bits per heavy atom. The van der Waals surface area contributed by atoms with Crippen LogP contribution in [0.25, 0.3) is 0 Å². The fourth-order valence-corrected chi connectivity index (χ4v) is 4.06. The van der Waals surface area contributed by atoms with Gasteiger partial charge in [0, 0.05) is 18.2 Å². The van der Waals surface area contributed by atoms with Gasteiger partial charge in [0.25, 0.3) is 0 Å². The van der Waals surface area contributed by atoms with Crippen molar-refractivity contribution >= 4 is 22.6 Å². The van der Waals surface area contributed by atoms with E-state index in [1.54, 1.807) is 7.57 Å². The summed E-state index contributed by atoms with van der Waals surface area (Å²) >= 11 is 0. The maximum absolute atomic E-state index is 12.1. The maximum Gasteiger partial charge on any atom is 0.201 e. The normalized spacial score (nSPS) is 35.2. The Bertz CT molecular complexity index is 254. The van der Waals surface area contributed by atoms with E-state index in [9.17, 15) is 4.57 Å². The molecule has 4 nitrogen and oxygen atoms in total. The zero-order valence-electron chi connectivity index (χ0n) is 9.77. The average molecular weight is 231 g/mol. The zero-order valence-corrected chi connectivity index (χ0v) is 10.7. The Balaban J connectivity index is 2.53. The summed E-state index contributed by atoms with van der Waals surface area (Å²) in [5, 5.41) is 12.3. The van der Waals surface area contributed by atoms with E-state index in [-0.39, 0.29) is 24.8 Å². The van der Waals surface area contributed by atoms with Gasteiger partial charge < -0.3 is 14.4 Å². The molecular weight excluding hydrogens is 211 g/mol. The first-order valence-corrected chi connectivity index (χ1v) is 7.93. The molecule has 2 unspecified atom stereocenters. The molecule has 0 radical (unpaired) electrons. The summed E-state index contributed by atoms with van der Waals surface area (Å²) in [6.07, 6.45) is 2.24. The van der Waals surface area contributed by atoms with Crippen molar-refractivity contribution in [2.45, 2.75) is 37.9 Å². The number of hydrogen-bond acceptors (Lipinski definition) is 3. The first kappa shape index (κ1) is 13.3. The Kier molecular flexibility index (Phi) is 4.91. The number of rotatable bonds is 5. The molecule has 0 aromatic rings. The van der Waals surface area contributed by atoms with Crippen LogP contribution in [0.3, 0.4) is 0 Å². The van der Waals surface area contributed by atoms with Crippen LogP contribution < -0.4 is 5.09 Å². The average Bonchev–Trinajstić information content (AvgIpc) is 2.44. The third kappa shape index (κ3) is 3.95. The molecular formula is C8H20B2NO3P. The fourth-order valence-electron chi connectivity index (χ4n) is 2.11. The quantitative estimate of drug-likeness (QED) is 0.466. The maximum atomic E-state index is 12.1. The Labute approximate surface area is 93.4 Å². The van der Waals surface area contributed by atoms with E-state index in [0.717, 1.165) is 12.8 Å². The second-order valence-electron chi connectivity index (χ2n) is 4.46. The van der Waals surface area contributed by atoms with Gasteiger partial charge in [-0.05, 0) is 12.8 Å². The van der Waals surface area contributed by atoms with E-state index < -0.39 is 7.17 Å². The molecule has 15 heavy (non-hydrogen) atoms. The highest BCUT2D eigenvalue weighted by Crippen LogP contribution is 2.38. The molecule has 4 atom stereocenters. The van der Waals surface area contributed by atoms with E-state index in [0.29, 0.717) is 6.16 Å². The van der Waals surface area contributed by atoms with Crippen LogP contribution in [0.2, 0.25) is 0 Å². The van der Waals surface area contributed by atoms with Crippen LogP contribution >= 0.6 is 7.17 Å². The van der Waals surface area contributed by atoms with Crippen molar-refractivity contribution in [2.24, 2.45) is 0 Å². The van der Waals surface area contributed by atoms with E-state index >= 15 is 0 Å². The van der Waals surface area contributed by atoms with Crippen molar-refractivity contribution in [1.82, 2.24) is 5.09 Å². The minimum atomic E-state index is -2.26. The van der Waals surface area contributed by atoms with Crippen molar-refractivity contribution in [3.8, 4) is 0 Å². The van der Waals surface area contributed by atoms with Gasteiger partial charge in [0.05, 0.1) is 12.7 Å². The smallest absolute Gasteiger partial charge is 0.201 e. The lowest BCUT2D eigenvalue weighted by molar-refractivity contribution is 0.0360. The van der Waals surface area contributed by atoms with Crippen molar-refractivity contribution in [2.75, 3.05) is 12.8 Å². The number of hydrogen-bond donors (Lipinski definition) is 2. The molecule has 1 fully saturated rings. The highest BCUT2D eigenvalue weighted by atomic mass is 31.2. The molecule has 0 bridgehead atoms. The van der Waals surface area contributed by atoms with Crippen LogP contribution in [0.1, 0.15) is 19.8 Å². The molecule has 1 saturated heterocycles. The molecule has 86 valence electrons. The number of ether oxygens (including phenoxy) is 1. The summed E-state index contributed by atoms with van der Waals surface area (Å²) in [7, 11) is 1.49. The second kappa shape index (κ2) is 5.53. The van der Waals surface area contributed by atoms with E-state index in [1.165, 1.54) is 0 Å². The third-order valence-corrected chi connectivity index (χ3v) is 4.89. The lowest BCUT2D eigenvalue weighted by Gasteiger charge is -2.23. The van der Waals surface area contributed by atoms with Gasteiger partial charge in [0.2, 0.25) is 7.57 Å². The minimum absolute atomic E-state index is 0.00582. The molecule has 0 saturated carbocycles. The first-order chi connectivity index (χ1) is 6.98. The molecule has 1 aliphatic heterocycles. The first-order valence-electron chi connectivity index (χ1n) is 5.59. The van der Waals surface area contributed by atoms with Gasteiger partial charge in [-0.25, -0.2) is 0 Å². The molecule has 0 aliphatic carbocycles. The van der Waals surface area contributed by atoms with Gasteiger partial charge in [0.15, 0.2) is 0 Å². The topological polar surface area (TPSA) is 58.6 Å². The summed E-state index contributed by atoms with van der Waals surface area (Å²) in [6, 6.07) is 0.175. The van der Waals surface area contributed by atoms with Crippen molar-refractivity contribution in [1.29, 1.82) is 0 Å². The lowest BCUT2D eigenvalue weighted by Crippen LogP contribution is -2.37. The molecule has 0 aromatic carbocycles. The largest absolute Gasteiger partial charge is 0.394 e. The van der Waals surface area contributed by atoms with E-state index in [2.05, 4.69) is 5.09 Å². The van der Waals surface area contributed by atoms with Gasteiger partial charge in [-0.1, -0.05) is 6.92 Å². The predicted octanol–water partition coefficient (Wildman–Crippen LogP) is -1.08. The molecule has 1 aliphatic rings. The summed E-state index contributed by atoms with van der Waals surface area (Å²) < 4.78 is 17.6. The third-order valence-electron chi connectivity index (χ3n) is 2.71. The minimum Gasteiger partial charge on any atom is -0.394 e. The summed E-state index contributed by atoms with van der Waals surface area (Å²) in [6.45, 7) is 2.02. The number of nitrogens with one attached hydrogen (secondary N) is 1. The Morgan fingerprint density at radius 3 is 2.87 bits per heavy atom. The SMILES string of the molecule is B[C@H]1C[C@@H](NP(B)(=O)CCC)C(CO)O1. The monoisotopic (exact) mass is 231 g/mol. The highest BCUT2D eigenvalue weighted by molar-refractivity contribution is 7.85. The summed E-state index contributed by atoms with van der Waals surface area (Å²) in [5.74, 6) is 0. The van der Waals surface area contributed by atoms with Gasteiger partial charge in [-0.3, -0.25) is 5.09 Å². The molecule has 7 heteroatoms. The fraction of sp³-hybridized carbons (Fsp3) is 1.00. The van der Waals surface area contributed by atoms with Crippen molar-refractivity contribution < 1.29 is 14.4 Å². The molecule has 0 amide bonds. The van der Waals surface area contributed by atoms with Crippen LogP contribution in [0.4, 0.5) is 0 Å². The van der Waals surface area contributed by atoms with Crippen molar-refractivity contribution in [3.05, 3.63) is 0 Å². The van der Waals surface area contributed by atoms with Crippen LogP contribution in [0.15, 0.2) is 0 Å². The van der Waals surface area contributed by atoms with Gasteiger partial charge >= 0.3 is 0 Å². The summed E-state index contributed by atoms with van der Waals surface area (Å²) in [4.78, 5) is 0. The van der Waals surface area contributed by atoms with Crippen LogP contribution in [0, 0.1) is 0 Å². The van der Waals surface area contributed by atoms with Crippen LogP contribution in [-0.2, 0) is 9.30 Å². The predicted molar refractivity (Wildman–Crippen MR) is 67.1 cm³/mol. The van der Waals surface area contributed by atoms with E-state index in [1.807, 2.05) is 14.8 Å². The summed E-state index contributed by atoms with van der Waals surface area (Å²) in [5.41, 5.74) is 0. The van der Waals surface area contributed by atoms with Gasteiger partial charge in [-0.2, -0.15) is 0 Å². The number of aliphatic hydroxyl groups is 1. The van der Waals surface area contributed by atoms with E-state index in [4.69, 9.17) is 9.84 Å². The molecule has 2 N–H and O–H groups in total. The van der Waals surface area contributed by atoms with Gasteiger partial charge in [-0.15, -0.1) is 0 Å². The Morgan fingerprint density at radius 1 is 1.67 bits per heavy atom. The molecule has 0 aromatic heterocycles. The van der Waals surface area contributed by atoms with Crippen LogP contribution in [0.5, 0.6) is 0 Å². The van der Waals surface area contributed by atoms with Crippen molar-refractivity contribution in [3.63, 3.8) is 0 Å². The highest BCUT2D eigenvalue weighted by Gasteiger charge is 2.34. The zero-order chi connectivity index (χ0) is 11.5.